The van der Waals surface area contributed by atoms with Gasteiger partial charge in [0.05, 0.1) is 10.8 Å². The van der Waals surface area contributed by atoms with Crippen LogP contribution in [-0.2, 0) is 9.59 Å². The summed E-state index contributed by atoms with van der Waals surface area (Å²) in [5.41, 5.74) is 4.90. The minimum Gasteiger partial charge on any atom is -0.492 e. The molecule has 4 N–H and O–H groups in total. The van der Waals surface area contributed by atoms with Crippen LogP contribution < -0.4 is 15.7 Å². The van der Waals surface area contributed by atoms with Gasteiger partial charge in [0.2, 0.25) is 17.7 Å². The zero-order chi connectivity index (χ0) is 13.5. The van der Waals surface area contributed by atoms with Crippen molar-refractivity contribution in [2.75, 3.05) is 11.0 Å². The number of carbonyl (C=O) groups excluding carboxylic acids is 2. The molecule has 9 heteroatoms. The lowest BCUT2D eigenvalue weighted by atomic mass is 10.4. The van der Waals surface area contributed by atoms with Crippen LogP contribution in [0.2, 0.25) is 0 Å². The highest BCUT2D eigenvalue weighted by molar-refractivity contribution is 14.1. The molecule has 0 saturated heterocycles. The van der Waals surface area contributed by atoms with Crippen molar-refractivity contribution in [1.82, 2.24) is 15.6 Å². The molecule has 1 amide bonds. The molecule has 0 spiro atoms. The second-order valence-electron chi connectivity index (χ2n) is 3.17. The number of amides is 1. The SMILES string of the molecule is O=C(CI)NNCCC(=O)On1c(O)ccc1O. The Hall–Kier alpha value is -1.49. The highest BCUT2D eigenvalue weighted by Crippen LogP contribution is 2.18. The maximum atomic E-state index is 11.3. The van der Waals surface area contributed by atoms with E-state index < -0.39 is 5.97 Å². The van der Waals surface area contributed by atoms with Crippen LogP contribution in [0.25, 0.3) is 0 Å². The fourth-order valence-corrected chi connectivity index (χ4v) is 1.19. The number of rotatable bonds is 6. The molecule has 0 radical (unpaired) electrons. The molecule has 0 fully saturated rings. The number of aromatic hydroxyl groups is 2. The molecule has 1 aromatic heterocycles. The van der Waals surface area contributed by atoms with Crippen LogP contribution in [0.15, 0.2) is 12.1 Å². The predicted molar refractivity (Wildman–Crippen MR) is 69.0 cm³/mol. The third kappa shape index (κ3) is 4.41. The predicted octanol–water partition coefficient (Wildman–Crippen LogP) is -0.700. The topological polar surface area (TPSA) is 113 Å². The van der Waals surface area contributed by atoms with Gasteiger partial charge >= 0.3 is 5.97 Å². The Kier molecular flexibility index (Phi) is 5.71. The van der Waals surface area contributed by atoms with Crippen LogP contribution in [0.1, 0.15) is 6.42 Å². The van der Waals surface area contributed by atoms with Crippen LogP contribution in [-0.4, -0.2) is 37.8 Å². The van der Waals surface area contributed by atoms with Gasteiger partial charge in [-0.15, -0.1) is 4.73 Å². The van der Waals surface area contributed by atoms with Gasteiger partial charge in [-0.1, -0.05) is 22.6 Å². The number of hydrazine groups is 1. The second kappa shape index (κ2) is 7.06. The van der Waals surface area contributed by atoms with Gasteiger partial charge in [-0.25, -0.2) is 10.2 Å². The quantitative estimate of drug-likeness (QED) is 0.228. The lowest BCUT2D eigenvalue weighted by Crippen LogP contribution is -2.39. The molecular formula is C9H12IN3O5. The number of hydrogen-bond donors (Lipinski definition) is 4. The Bertz CT molecular complexity index is 414. The molecule has 0 aliphatic rings. The van der Waals surface area contributed by atoms with Gasteiger partial charge in [0, 0.05) is 18.7 Å². The molecule has 0 aliphatic carbocycles. The van der Waals surface area contributed by atoms with E-state index in [0.29, 0.717) is 9.16 Å². The molecule has 1 rings (SSSR count). The van der Waals surface area contributed by atoms with E-state index in [1.54, 1.807) is 0 Å². The number of halogens is 1. The molecule has 0 bridgehead atoms. The van der Waals surface area contributed by atoms with Crippen molar-refractivity contribution in [3.05, 3.63) is 12.1 Å². The minimum absolute atomic E-state index is 0.0431. The summed E-state index contributed by atoms with van der Waals surface area (Å²) in [6, 6.07) is 2.36. The molecule has 1 aromatic rings. The van der Waals surface area contributed by atoms with Crippen molar-refractivity contribution < 1.29 is 24.6 Å². The van der Waals surface area contributed by atoms with Gasteiger partial charge in [-0.3, -0.25) is 10.2 Å². The molecule has 1 heterocycles. The third-order valence-electron chi connectivity index (χ3n) is 1.79. The maximum Gasteiger partial charge on any atom is 0.334 e. The van der Waals surface area contributed by atoms with Crippen molar-refractivity contribution >= 4 is 34.5 Å². The van der Waals surface area contributed by atoms with E-state index in [9.17, 15) is 19.8 Å². The minimum atomic E-state index is -0.673. The summed E-state index contributed by atoms with van der Waals surface area (Å²) >= 11 is 1.90. The van der Waals surface area contributed by atoms with E-state index in [4.69, 9.17) is 0 Å². The molecule has 100 valence electrons. The molecule has 0 aliphatic heterocycles. The largest absolute Gasteiger partial charge is 0.492 e. The van der Waals surface area contributed by atoms with Gasteiger partial charge < -0.3 is 15.1 Å². The number of carbonyl (C=O) groups is 2. The number of alkyl halides is 1. The molecule has 0 aromatic carbocycles. The summed E-state index contributed by atoms with van der Waals surface area (Å²) < 4.78 is 0.909. The van der Waals surface area contributed by atoms with Crippen molar-refractivity contribution in [3.8, 4) is 11.8 Å². The first-order valence-corrected chi connectivity index (χ1v) is 6.45. The lowest BCUT2D eigenvalue weighted by Gasteiger charge is -2.07. The van der Waals surface area contributed by atoms with Crippen LogP contribution in [0.4, 0.5) is 0 Å². The summed E-state index contributed by atoms with van der Waals surface area (Å²) in [6.45, 7) is 0.171. The summed E-state index contributed by atoms with van der Waals surface area (Å²) in [5.74, 6) is -1.64. The number of aromatic nitrogens is 1. The zero-order valence-corrected chi connectivity index (χ0v) is 11.4. The lowest BCUT2D eigenvalue weighted by molar-refractivity contribution is -0.145. The Morgan fingerprint density at radius 1 is 1.33 bits per heavy atom. The number of nitrogens with one attached hydrogen (secondary N) is 2. The van der Waals surface area contributed by atoms with Gasteiger partial charge in [-0.05, 0) is 0 Å². The maximum absolute atomic E-state index is 11.3. The van der Waals surface area contributed by atoms with Crippen LogP contribution in [0.3, 0.4) is 0 Å². The first-order valence-electron chi connectivity index (χ1n) is 4.93. The Balaban J connectivity index is 2.28. The summed E-state index contributed by atoms with van der Waals surface area (Å²) in [4.78, 5) is 26.8. The van der Waals surface area contributed by atoms with Crippen molar-refractivity contribution in [2.24, 2.45) is 0 Å². The van der Waals surface area contributed by atoms with E-state index >= 15 is 0 Å². The van der Waals surface area contributed by atoms with E-state index in [1.165, 1.54) is 12.1 Å². The van der Waals surface area contributed by atoms with Gasteiger partial charge in [0.25, 0.3) is 0 Å². The first-order chi connectivity index (χ1) is 8.54. The zero-order valence-electron chi connectivity index (χ0n) is 9.22. The Morgan fingerprint density at radius 3 is 2.50 bits per heavy atom. The fraction of sp³-hybridized carbons (Fsp3) is 0.333. The number of nitrogens with zero attached hydrogens (tertiary/aromatic N) is 1. The average Bonchev–Trinajstić information content (AvgIpc) is 2.66. The van der Waals surface area contributed by atoms with E-state index in [2.05, 4.69) is 15.7 Å². The molecule has 18 heavy (non-hydrogen) atoms. The summed E-state index contributed by atoms with van der Waals surface area (Å²) in [6.07, 6.45) is -0.0431. The number of hydrogen-bond acceptors (Lipinski definition) is 6. The van der Waals surface area contributed by atoms with Crippen molar-refractivity contribution in [1.29, 1.82) is 0 Å². The molecule has 0 atom stereocenters. The van der Waals surface area contributed by atoms with Crippen LogP contribution in [0.5, 0.6) is 11.8 Å². The van der Waals surface area contributed by atoms with E-state index in [-0.39, 0.29) is 30.6 Å². The third-order valence-corrected chi connectivity index (χ3v) is 2.49. The monoisotopic (exact) mass is 369 g/mol. The average molecular weight is 369 g/mol. The Morgan fingerprint density at radius 2 is 1.94 bits per heavy atom. The summed E-state index contributed by atoms with van der Waals surface area (Å²) in [5, 5.41) is 18.4. The smallest absolute Gasteiger partial charge is 0.334 e. The van der Waals surface area contributed by atoms with Gasteiger partial charge in [0.15, 0.2) is 0 Å². The summed E-state index contributed by atoms with van der Waals surface area (Å²) in [7, 11) is 0. The van der Waals surface area contributed by atoms with E-state index in [1.807, 2.05) is 22.6 Å². The molecular weight excluding hydrogens is 357 g/mol. The van der Waals surface area contributed by atoms with Crippen LogP contribution >= 0.6 is 22.6 Å². The second-order valence-corrected chi connectivity index (χ2v) is 3.93. The molecule has 0 saturated carbocycles. The highest BCUT2D eigenvalue weighted by atomic mass is 127. The highest BCUT2D eigenvalue weighted by Gasteiger charge is 2.11. The van der Waals surface area contributed by atoms with Crippen LogP contribution in [0, 0.1) is 0 Å². The van der Waals surface area contributed by atoms with Crippen molar-refractivity contribution in [3.63, 3.8) is 0 Å². The van der Waals surface area contributed by atoms with Gasteiger partial charge in [0.1, 0.15) is 0 Å². The standard InChI is InChI=1S/C9H12IN3O5/c10-5-6(14)12-11-4-3-9(17)18-13-7(15)1-2-8(13)16/h1-2,11,15-16H,3-5H2,(H,12,14). The van der Waals surface area contributed by atoms with E-state index in [0.717, 1.165) is 0 Å². The molecule has 0 unspecified atom stereocenters. The normalized spacial score (nSPS) is 10.1. The molecule has 8 nitrogen and oxygen atoms in total. The van der Waals surface area contributed by atoms with Crippen molar-refractivity contribution in [2.45, 2.75) is 6.42 Å². The fourth-order valence-electron chi connectivity index (χ4n) is 1.00. The van der Waals surface area contributed by atoms with Gasteiger partial charge in [-0.2, -0.15) is 0 Å². The Labute approximate surface area is 116 Å². The first kappa shape index (κ1) is 14.6.